The molecule has 0 saturated carbocycles. The van der Waals surface area contributed by atoms with Crippen LogP contribution in [0.4, 0.5) is 0 Å². The molecule has 0 fully saturated rings. The SMILES string of the molecule is CCCCCCCCCCCCC[N+](C)(C)CC[N+](C)(C)CCCCCCCCCCCCC.[Br-].[Br-]. The number of hydrogen-bond acceptors (Lipinski definition) is 0. The largest absolute Gasteiger partial charge is 1.00 e. The number of halogens is 2. The van der Waals surface area contributed by atoms with Gasteiger partial charge in [-0.05, 0) is 25.7 Å². The Bertz CT molecular complexity index is 375. The number of unbranched alkanes of at least 4 members (excludes halogenated alkanes) is 20. The van der Waals surface area contributed by atoms with Gasteiger partial charge in [0.25, 0.3) is 0 Å². The second kappa shape index (κ2) is 28.9. The molecule has 36 heavy (non-hydrogen) atoms. The molecule has 0 aromatic rings. The molecule has 0 heterocycles. The van der Waals surface area contributed by atoms with Crippen molar-refractivity contribution in [3.63, 3.8) is 0 Å². The summed E-state index contributed by atoms with van der Waals surface area (Å²) in [6, 6.07) is 0. The van der Waals surface area contributed by atoms with Crippen molar-refractivity contribution in [2.75, 3.05) is 54.4 Å². The lowest BCUT2D eigenvalue weighted by atomic mass is 10.1. The maximum absolute atomic E-state index is 2.46. The second-order valence-electron chi connectivity index (χ2n) is 12.8. The summed E-state index contributed by atoms with van der Waals surface area (Å²) in [6.45, 7) is 9.97. The lowest BCUT2D eigenvalue weighted by Gasteiger charge is -2.36. The van der Waals surface area contributed by atoms with E-state index in [1.54, 1.807) is 0 Å². The van der Waals surface area contributed by atoms with Gasteiger partial charge in [0.1, 0.15) is 13.1 Å². The van der Waals surface area contributed by atoms with Crippen LogP contribution in [0.25, 0.3) is 0 Å². The highest BCUT2D eigenvalue weighted by Gasteiger charge is 2.22. The van der Waals surface area contributed by atoms with E-state index in [1.165, 1.54) is 176 Å². The molecule has 4 heteroatoms. The van der Waals surface area contributed by atoms with E-state index in [0.717, 1.165) is 0 Å². The van der Waals surface area contributed by atoms with Crippen molar-refractivity contribution >= 4 is 0 Å². The number of hydrogen-bond donors (Lipinski definition) is 0. The monoisotopic (exact) mass is 640 g/mol. The summed E-state index contributed by atoms with van der Waals surface area (Å²) in [7, 11) is 9.83. The molecule has 0 N–H and O–H groups in total. The summed E-state index contributed by atoms with van der Waals surface area (Å²) in [5.74, 6) is 0. The summed E-state index contributed by atoms with van der Waals surface area (Å²) in [5, 5.41) is 0. The third-order valence-corrected chi connectivity index (χ3v) is 8.04. The predicted octanol–water partition coefficient (Wildman–Crippen LogP) is 3.77. The number of quaternary nitrogens is 2. The molecule has 0 rings (SSSR count). The van der Waals surface area contributed by atoms with Crippen molar-refractivity contribution < 1.29 is 42.9 Å². The van der Waals surface area contributed by atoms with Gasteiger partial charge < -0.3 is 42.9 Å². The average Bonchev–Trinajstić information content (AvgIpc) is 2.80. The van der Waals surface area contributed by atoms with E-state index >= 15 is 0 Å². The molecule has 0 amide bonds. The smallest absolute Gasteiger partial charge is 0.128 e. The highest BCUT2D eigenvalue weighted by molar-refractivity contribution is 4.50. The first-order chi connectivity index (χ1) is 16.3. The highest BCUT2D eigenvalue weighted by atomic mass is 79.9. The van der Waals surface area contributed by atoms with Crippen LogP contribution in [0.15, 0.2) is 0 Å². The standard InChI is InChI=1S/C32H70N2.2BrH/c1-7-9-11-13-15-17-19-21-23-25-27-29-33(3,4)31-32-34(5,6)30-28-26-24-22-20-18-16-14-12-10-8-2;;/h7-32H2,1-6H3;2*1H/q+2;;/p-2. The van der Waals surface area contributed by atoms with Crippen molar-refractivity contribution in [1.29, 1.82) is 0 Å². The van der Waals surface area contributed by atoms with Crippen LogP contribution in [0, 0.1) is 0 Å². The van der Waals surface area contributed by atoms with Gasteiger partial charge in [0.05, 0.1) is 41.3 Å². The van der Waals surface area contributed by atoms with Crippen LogP contribution in [0.5, 0.6) is 0 Å². The Morgan fingerprint density at radius 2 is 0.472 bits per heavy atom. The fourth-order valence-corrected chi connectivity index (χ4v) is 5.17. The Hall–Kier alpha value is 0.880. The quantitative estimate of drug-likeness (QED) is 0.0947. The van der Waals surface area contributed by atoms with Gasteiger partial charge in [0, 0.05) is 0 Å². The summed E-state index contributed by atoms with van der Waals surface area (Å²) < 4.78 is 2.41. The zero-order chi connectivity index (χ0) is 25.4. The summed E-state index contributed by atoms with van der Waals surface area (Å²) in [4.78, 5) is 0. The molecule has 0 aliphatic carbocycles. The Balaban J connectivity index is -0.00000544. The zero-order valence-corrected chi connectivity index (χ0v) is 29.2. The Morgan fingerprint density at radius 3 is 0.694 bits per heavy atom. The van der Waals surface area contributed by atoms with Gasteiger partial charge in [-0.25, -0.2) is 0 Å². The maximum Gasteiger partial charge on any atom is 0.128 e. The molecule has 2 nitrogen and oxygen atoms in total. The number of nitrogens with zero attached hydrogens (tertiary/aromatic N) is 2. The normalized spacial score (nSPS) is 11.8. The Labute approximate surface area is 251 Å². The van der Waals surface area contributed by atoms with Crippen molar-refractivity contribution in [2.24, 2.45) is 0 Å². The molecule has 0 atom stereocenters. The molecule has 0 bridgehead atoms. The molecule has 0 spiro atoms. The van der Waals surface area contributed by atoms with E-state index in [0.29, 0.717) is 0 Å². The van der Waals surface area contributed by atoms with E-state index in [4.69, 9.17) is 0 Å². The minimum atomic E-state index is 0. The minimum absolute atomic E-state index is 0. The molecule has 0 aromatic carbocycles. The van der Waals surface area contributed by atoms with E-state index in [1.807, 2.05) is 0 Å². The number of likely N-dealkylation sites (N-methyl/N-ethyl adjacent to an activating group) is 2. The highest BCUT2D eigenvalue weighted by Crippen LogP contribution is 2.14. The zero-order valence-electron chi connectivity index (χ0n) is 26.0. The van der Waals surface area contributed by atoms with Crippen LogP contribution in [-0.4, -0.2) is 63.3 Å². The van der Waals surface area contributed by atoms with Gasteiger partial charge in [-0.15, -0.1) is 0 Å². The topological polar surface area (TPSA) is 0 Å². The second-order valence-corrected chi connectivity index (χ2v) is 12.8. The van der Waals surface area contributed by atoms with E-state index < -0.39 is 0 Å². The fraction of sp³-hybridized carbons (Fsp3) is 1.00. The maximum atomic E-state index is 2.46. The van der Waals surface area contributed by atoms with Crippen LogP contribution in [0.3, 0.4) is 0 Å². The van der Waals surface area contributed by atoms with E-state index in [-0.39, 0.29) is 34.0 Å². The minimum Gasteiger partial charge on any atom is -1.00 e. The van der Waals surface area contributed by atoms with E-state index in [9.17, 15) is 0 Å². The molecule has 0 unspecified atom stereocenters. The molecule has 0 radical (unpaired) electrons. The van der Waals surface area contributed by atoms with Gasteiger partial charge in [-0.1, -0.05) is 129 Å². The summed E-state index contributed by atoms with van der Waals surface area (Å²) in [5.41, 5.74) is 0. The van der Waals surface area contributed by atoms with Crippen molar-refractivity contribution in [3.8, 4) is 0 Å². The van der Waals surface area contributed by atoms with Crippen LogP contribution in [0.2, 0.25) is 0 Å². The molecular formula is C32H70Br2N2. The Kier molecular flexibility index (Phi) is 33.2. The first-order valence-corrected chi connectivity index (χ1v) is 16.0. The van der Waals surface area contributed by atoms with Crippen molar-refractivity contribution in [1.82, 2.24) is 0 Å². The van der Waals surface area contributed by atoms with Crippen LogP contribution < -0.4 is 34.0 Å². The first kappa shape index (κ1) is 41.4. The summed E-state index contributed by atoms with van der Waals surface area (Å²) >= 11 is 0. The molecule has 222 valence electrons. The fourth-order valence-electron chi connectivity index (χ4n) is 5.17. The molecule has 0 aliphatic heterocycles. The van der Waals surface area contributed by atoms with Crippen LogP contribution in [-0.2, 0) is 0 Å². The van der Waals surface area contributed by atoms with Gasteiger partial charge in [0.2, 0.25) is 0 Å². The van der Waals surface area contributed by atoms with E-state index in [2.05, 4.69) is 42.0 Å². The van der Waals surface area contributed by atoms with Crippen molar-refractivity contribution in [3.05, 3.63) is 0 Å². The third-order valence-electron chi connectivity index (χ3n) is 8.04. The molecule has 0 saturated heterocycles. The average molecular weight is 643 g/mol. The lowest BCUT2D eigenvalue weighted by molar-refractivity contribution is -0.946. The molecule has 0 aliphatic rings. The van der Waals surface area contributed by atoms with Crippen LogP contribution >= 0.6 is 0 Å². The third kappa shape index (κ3) is 31.1. The van der Waals surface area contributed by atoms with Gasteiger partial charge in [0.15, 0.2) is 0 Å². The van der Waals surface area contributed by atoms with Gasteiger partial charge >= 0.3 is 0 Å². The Morgan fingerprint density at radius 1 is 0.278 bits per heavy atom. The van der Waals surface area contributed by atoms with Gasteiger partial charge in [-0.3, -0.25) is 0 Å². The first-order valence-electron chi connectivity index (χ1n) is 16.0. The lowest BCUT2D eigenvalue weighted by Crippen LogP contribution is -3.00. The molecule has 0 aromatic heterocycles. The summed E-state index contributed by atoms with van der Waals surface area (Å²) in [6.07, 6.45) is 31.8. The van der Waals surface area contributed by atoms with Crippen LogP contribution in [0.1, 0.15) is 155 Å². The van der Waals surface area contributed by atoms with Crippen molar-refractivity contribution in [2.45, 2.75) is 155 Å². The molecular weight excluding hydrogens is 572 g/mol. The predicted molar refractivity (Wildman–Crippen MR) is 157 cm³/mol. The number of rotatable bonds is 27. The van der Waals surface area contributed by atoms with Gasteiger partial charge in [-0.2, -0.15) is 0 Å².